The number of benzene rings is 1. The predicted octanol–water partition coefficient (Wildman–Crippen LogP) is 1.35. The molecule has 6 heteroatoms. The highest BCUT2D eigenvalue weighted by atomic mass is 16.5. The number of nitrogens with zero attached hydrogens (tertiary/aromatic N) is 2. The van der Waals surface area contributed by atoms with E-state index in [0.29, 0.717) is 18.8 Å². The van der Waals surface area contributed by atoms with Crippen LogP contribution in [0.5, 0.6) is 5.75 Å². The molecule has 2 heterocycles. The Bertz CT molecular complexity index is 662. The predicted molar refractivity (Wildman–Crippen MR) is 77.0 cm³/mol. The first-order valence-electron chi connectivity index (χ1n) is 6.95. The minimum Gasteiger partial charge on any atom is -0.480 e. The number of nitrogens with one attached hydrogen (secondary N) is 2. The standard InChI is InChI=1S/C15H18N4O2/c1-8-4-11-6-13(21-12(11)5-9(8)2)15(20)16-7-14-17-10(3)18-19-14/h4-5,13H,6-7H2,1-3H3,(H,16,20)(H,17,18,19). The lowest BCUT2D eigenvalue weighted by Gasteiger charge is -2.10. The highest BCUT2D eigenvalue weighted by molar-refractivity contribution is 5.82. The molecule has 1 aliphatic heterocycles. The maximum Gasteiger partial charge on any atom is 0.261 e. The Hall–Kier alpha value is -2.37. The van der Waals surface area contributed by atoms with Gasteiger partial charge in [0.15, 0.2) is 11.9 Å². The molecule has 1 amide bonds. The van der Waals surface area contributed by atoms with Crippen molar-refractivity contribution in [2.75, 3.05) is 0 Å². The summed E-state index contributed by atoms with van der Waals surface area (Å²) >= 11 is 0. The van der Waals surface area contributed by atoms with Gasteiger partial charge in [0, 0.05) is 6.42 Å². The first kappa shape index (κ1) is 13.6. The monoisotopic (exact) mass is 286 g/mol. The molecule has 1 aromatic heterocycles. The van der Waals surface area contributed by atoms with Gasteiger partial charge in [0.1, 0.15) is 11.6 Å². The van der Waals surface area contributed by atoms with Crippen LogP contribution in [0.4, 0.5) is 0 Å². The number of amides is 1. The van der Waals surface area contributed by atoms with E-state index in [4.69, 9.17) is 4.74 Å². The van der Waals surface area contributed by atoms with Gasteiger partial charge in [-0.25, -0.2) is 4.98 Å². The molecule has 0 bridgehead atoms. The van der Waals surface area contributed by atoms with Gasteiger partial charge in [-0.05, 0) is 43.5 Å². The van der Waals surface area contributed by atoms with Crippen molar-refractivity contribution in [3.8, 4) is 5.75 Å². The van der Waals surface area contributed by atoms with E-state index in [1.165, 1.54) is 11.1 Å². The zero-order valence-electron chi connectivity index (χ0n) is 12.4. The third-order valence-electron chi connectivity index (χ3n) is 3.71. The van der Waals surface area contributed by atoms with Crippen molar-refractivity contribution < 1.29 is 9.53 Å². The molecule has 1 aliphatic rings. The van der Waals surface area contributed by atoms with Gasteiger partial charge < -0.3 is 10.1 Å². The second-order valence-corrected chi connectivity index (χ2v) is 5.41. The summed E-state index contributed by atoms with van der Waals surface area (Å²) in [6.45, 7) is 6.23. The Morgan fingerprint density at radius 3 is 2.86 bits per heavy atom. The van der Waals surface area contributed by atoms with E-state index in [-0.39, 0.29) is 5.91 Å². The van der Waals surface area contributed by atoms with Crippen LogP contribution in [0.3, 0.4) is 0 Å². The van der Waals surface area contributed by atoms with E-state index < -0.39 is 6.10 Å². The largest absolute Gasteiger partial charge is 0.480 e. The van der Waals surface area contributed by atoms with Crippen molar-refractivity contribution in [3.63, 3.8) is 0 Å². The highest BCUT2D eigenvalue weighted by Crippen LogP contribution is 2.31. The molecule has 0 aliphatic carbocycles. The molecular formula is C15H18N4O2. The number of rotatable bonds is 3. The zero-order chi connectivity index (χ0) is 15.0. The molecule has 0 saturated carbocycles. The van der Waals surface area contributed by atoms with Crippen LogP contribution >= 0.6 is 0 Å². The SMILES string of the molecule is Cc1nc(CNC(=O)C2Cc3cc(C)c(C)cc3O2)n[nH]1. The summed E-state index contributed by atoms with van der Waals surface area (Å²) < 4.78 is 5.74. The smallest absolute Gasteiger partial charge is 0.261 e. The Labute approximate surface area is 122 Å². The van der Waals surface area contributed by atoms with Crippen molar-refractivity contribution in [1.82, 2.24) is 20.5 Å². The number of aryl methyl sites for hydroxylation is 3. The topological polar surface area (TPSA) is 79.9 Å². The lowest BCUT2D eigenvalue weighted by molar-refractivity contribution is -0.127. The Morgan fingerprint density at radius 2 is 2.14 bits per heavy atom. The van der Waals surface area contributed by atoms with Crippen LogP contribution in [-0.4, -0.2) is 27.2 Å². The lowest BCUT2D eigenvalue weighted by Crippen LogP contribution is -2.37. The van der Waals surface area contributed by atoms with Gasteiger partial charge in [-0.2, -0.15) is 5.10 Å². The van der Waals surface area contributed by atoms with Gasteiger partial charge in [-0.15, -0.1) is 0 Å². The molecule has 0 saturated heterocycles. The molecule has 2 N–H and O–H groups in total. The molecule has 1 aromatic carbocycles. The molecule has 0 spiro atoms. The Morgan fingerprint density at radius 1 is 1.38 bits per heavy atom. The van der Waals surface area contributed by atoms with Gasteiger partial charge in [0.05, 0.1) is 6.54 Å². The molecule has 3 rings (SSSR count). The maximum absolute atomic E-state index is 12.2. The van der Waals surface area contributed by atoms with Crippen molar-refractivity contribution in [2.24, 2.45) is 0 Å². The van der Waals surface area contributed by atoms with Crippen LogP contribution in [0.2, 0.25) is 0 Å². The fourth-order valence-corrected chi connectivity index (χ4v) is 2.41. The normalized spacial score (nSPS) is 16.4. The zero-order valence-corrected chi connectivity index (χ0v) is 12.4. The second kappa shape index (κ2) is 5.20. The molecule has 2 aromatic rings. The number of hydrogen-bond acceptors (Lipinski definition) is 4. The maximum atomic E-state index is 12.2. The van der Waals surface area contributed by atoms with E-state index >= 15 is 0 Å². The third kappa shape index (κ3) is 2.74. The minimum atomic E-state index is -0.471. The summed E-state index contributed by atoms with van der Waals surface area (Å²) in [6, 6.07) is 4.09. The Balaban J connectivity index is 1.62. The van der Waals surface area contributed by atoms with E-state index in [1.54, 1.807) is 0 Å². The van der Waals surface area contributed by atoms with Gasteiger partial charge in [-0.1, -0.05) is 6.07 Å². The summed E-state index contributed by atoms with van der Waals surface area (Å²) in [4.78, 5) is 16.3. The van der Waals surface area contributed by atoms with E-state index in [9.17, 15) is 4.79 Å². The average molecular weight is 286 g/mol. The molecule has 21 heavy (non-hydrogen) atoms. The van der Waals surface area contributed by atoms with E-state index in [0.717, 1.165) is 17.1 Å². The number of H-pyrrole nitrogens is 1. The molecule has 110 valence electrons. The second-order valence-electron chi connectivity index (χ2n) is 5.41. The number of aromatic nitrogens is 3. The molecular weight excluding hydrogens is 268 g/mol. The number of ether oxygens (including phenoxy) is 1. The summed E-state index contributed by atoms with van der Waals surface area (Å²) in [5.74, 6) is 1.98. The molecule has 0 radical (unpaired) electrons. The number of aromatic amines is 1. The van der Waals surface area contributed by atoms with Gasteiger partial charge in [0.2, 0.25) is 0 Å². The van der Waals surface area contributed by atoms with Crippen LogP contribution in [-0.2, 0) is 17.8 Å². The summed E-state index contributed by atoms with van der Waals surface area (Å²) in [6.07, 6.45) is 0.135. The third-order valence-corrected chi connectivity index (χ3v) is 3.71. The lowest BCUT2D eigenvalue weighted by atomic mass is 10.0. The average Bonchev–Trinajstić information content (AvgIpc) is 3.03. The van der Waals surface area contributed by atoms with Crippen LogP contribution in [0.1, 0.15) is 28.3 Å². The Kier molecular flexibility index (Phi) is 3.37. The molecule has 1 unspecified atom stereocenters. The van der Waals surface area contributed by atoms with Gasteiger partial charge in [0.25, 0.3) is 5.91 Å². The molecule has 1 atom stereocenters. The van der Waals surface area contributed by atoms with Gasteiger partial charge >= 0.3 is 0 Å². The van der Waals surface area contributed by atoms with Crippen LogP contribution in [0, 0.1) is 20.8 Å². The van der Waals surface area contributed by atoms with E-state index in [1.807, 2.05) is 19.9 Å². The van der Waals surface area contributed by atoms with Gasteiger partial charge in [-0.3, -0.25) is 9.89 Å². The molecule has 6 nitrogen and oxygen atoms in total. The quantitative estimate of drug-likeness (QED) is 0.892. The first-order chi connectivity index (χ1) is 10.0. The minimum absolute atomic E-state index is 0.135. The number of hydrogen-bond donors (Lipinski definition) is 2. The number of carbonyl (C=O) groups excluding carboxylic acids is 1. The van der Waals surface area contributed by atoms with Crippen molar-refractivity contribution in [1.29, 1.82) is 0 Å². The number of fused-ring (bicyclic) bond motifs is 1. The van der Waals surface area contributed by atoms with Crippen LogP contribution in [0.25, 0.3) is 0 Å². The first-order valence-corrected chi connectivity index (χ1v) is 6.95. The summed E-state index contributed by atoms with van der Waals surface area (Å²) in [5.41, 5.74) is 3.48. The van der Waals surface area contributed by atoms with Crippen molar-refractivity contribution in [3.05, 3.63) is 40.5 Å². The summed E-state index contributed by atoms with van der Waals surface area (Å²) in [7, 11) is 0. The highest BCUT2D eigenvalue weighted by Gasteiger charge is 2.29. The number of carbonyl (C=O) groups is 1. The van der Waals surface area contributed by atoms with Crippen LogP contribution in [0.15, 0.2) is 12.1 Å². The fraction of sp³-hybridized carbons (Fsp3) is 0.400. The molecule has 0 fully saturated rings. The fourth-order valence-electron chi connectivity index (χ4n) is 2.41. The van der Waals surface area contributed by atoms with Crippen molar-refractivity contribution >= 4 is 5.91 Å². The van der Waals surface area contributed by atoms with E-state index in [2.05, 4.69) is 33.5 Å². The van der Waals surface area contributed by atoms with Crippen LogP contribution < -0.4 is 10.1 Å². The summed E-state index contributed by atoms with van der Waals surface area (Å²) in [5, 5.41) is 9.54. The van der Waals surface area contributed by atoms with Crippen molar-refractivity contribution in [2.45, 2.75) is 39.8 Å².